The number of anilines is 2. The number of nitrogens with zero attached hydrogens (tertiary/aromatic N) is 2. The molecule has 0 atom stereocenters. The monoisotopic (exact) mass is 462 g/mol. The number of hydrogen-bond donors (Lipinski definition) is 0. The van der Waals surface area contributed by atoms with Crippen molar-refractivity contribution in [2.45, 2.75) is 23.6 Å². The zero-order valence-corrected chi connectivity index (χ0v) is 19.2. The van der Waals surface area contributed by atoms with Crippen LogP contribution in [0.4, 0.5) is 15.8 Å². The smallest absolute Gasteiger partial charge is 0.264 e. The fourth-order valence-electron chi connectivity index (χ4n) is 3.26. The number of aryl methyl sites for hydroxylation is 2. The molecular weight excluding hydrogens is 439 g/mol. The Morgan fingerprint density at radius 3 is 1.87 bits per heavy atom. The van der Waals surface area contributed by atoms with Crippen LogP contribution in [-0.4, -0.2) is 30.9 Å². The van der Waals surface area contributed by atoms with Crippen LogP contribution in [0, 0.1) is 19.7 Å². The van der Waals surface area contributed by atoms with Crippen molar-refractivity contribution in [1.29, 1.82) is 0 Å². The zero-order valence-electron chi connectivity index (χ0n) is 17.6. The molecule has 3 aromatic carbocycles. The topological polar surface area (TPSA) is 74.8 Å². The van der Waals surface area contributed by atoms with E-state index in [2.05, 4.69) is 0 Å². The lowest BCUT2D eigenvalue weighted by Gasteiger charge is -2.25. The number of hydrogen-bond acceptors (Lipinski definition) is 4. The van der Waals surface area contributed by atoms with Gasteiger partial charge in [0.1, 0.15) is 5.82 Å². The highest BCUT2D eigenvalue weighted by Crippen LogP contribution is 2.32. The zero-order chi connectivity index (χ0) is 23.0. The average molecular weight is 463 g/mol. The van der Waals surface area contributed by atoms with E-state index >= 15 is 0 Å². The number of rotatable bonds is 6. The van der Waals surface area contributed by atoms with E-state index < -0.39 is 25.9 Å². The third-order valence-corrected chi connectivity index (χ3v) is 8.78. The van der Waals surface area contributed by atoms with Crippen LogP contribution in [0.5, 0.6) is 0 Å². The second-order valence-electron chi connectivity index (χ2n) is 7.14. The van der Waals surface area contributed by atoms with Crippen molar-refractivity contribution < 1.29 is 21.2 Å². The van der Waals surface area contributed by atoms with Gasteiger partial charge >= 0.3 is 0 Å². The SMILES string of the molecule is Cc1cc(C)c(S(=O)(=O)N(C)c2ccc(F)cc2)cc1N(C)S(=O)(=O)c1ccccc1. The molecule has 0 saturated heterocycles. The summed E-state index contributed by atoms with van der Waals surface area (Å²) in [6.45, 7) is 3.37. The molecule has 0 spiro atoms. The lowest BCUT2D eigenvalue weighted by molar-refractivity contribution is 0.591. The Hall–Kier alpha value is -2.91. The van der Waals surface area contributed by atoms with Gasteiger partial charge in [-0.25, -0.2) is 21.2 Å². The molecule has 0 aromatic heterocycles. The minimum absolute atomic E-state index is 0.0324. The summed E-state index contributed by atoms with van der Waals surface area (Å²) < 4.78 is 68.1. The summed E-state index contributed by atoms with van der Waals surface area (Å²) >= 11 is 0. The van der Waals surface area contributed by atoms with Crippen molar-refractivity contribution in [2.75, 3.05) is 22.7 Å². The summed E-state index contributed by atoms with van der Waals surface area (Å²) in [7, 11) is -5.16. The third-order valence-electron chi connectivity index (χ3n) is 5.06. The molecular formula is C22H23FN2O4S2. The summed E-state index contributed by atoms with van der Waals surface area (Å²) in [5.41, 5.74) is 1.62. The van der Waals surface area contributed by atoms with Gasteiger partial charge in [-0.1, -0.05) is 24.3 Å². The second kappa shape index (κ2) is 8.32. The fraction of sp³-hybridized carbons (Fsp3) is 0.182. The van der Waals surface area contributed by atoms with Crippen LogP contribution in [0.1, 0.15) is 11.1 Å². The molecule has 0 aliphatic carbocycles. The first kappa shape index (κ1) is 22.8. The molecule has 0 N–H and O–H groups in total. The largest absolute Gasteiger partial charge is 0.269 e. The third kappa shape index (κ3) is 4.28. The Bertz CT molecular complexity index is 1310. The Kier molecular flexibility index (Phi) is 6.11. The predicted molar refractivity (Wildman–Crippen MR) is 120 cm³/mol. The van der Waals surface area contributed by atoms with Crippen LogP contribution in [0.3, 0.4) is 0 Å². The molecule has 0 unspecified atom stereocenters. The van der Waals surface area contributed by atoms with Crippen molar-refractivity contribution in [3.63, 3.8) is 0 Å². The van der Waals surface area contributed by atoms with Gasteiger partial charge < -0.3 is 0 Å². The highest BCUT2D eigenvalue weighted by atomic mass is 32.2. The van der Waals surface area contributed by atoms with E-state index in [1.165, 1.54) is 56.6 Å². The minimum atomic E-state index is -4.03. The highest BCUT2D eigenvalue weighted by Gasteiger charge is 2.28. The molecule has 164 valence electrons. The van der Waals surface area contributed by atoms with Gasteiger partial charge in [-0.05, 0) is 67.4 Å². The molecule has 3 aromatic rings. The van der Waals surface area contributed by atoms with Crippen molar-refractivity contribution in [2.24, 2.45) is 0 Å². The van der Waals surface area contributed by atoms with Crippen molar-refractivity contribution in [3.8, 4) is 0 Å². The maximum atomic E-state index is 13.3. The van der Waals surface area contributed by atoms with Crippen LogP contribution in [0.2, 0.25) is 0 Å². The molecule has 9 heteroatoms. The summed E-state index contributed by atoms with van der Waals surface area (Å²) in [4.78, 5) is 0.0698. The molecule has 0 fully saturated rings. The molecule has 0 heterocycles. The Morgan fingerprint density at radius 2 is 1.29 bits per heavy atom. The van der Waals surface area contributed by atoms with Crippen LogP contribution >= 0.6 is 0 Å². The van der Waals surface area contributed by atoms with Gasteiger partial charge in [0, 0.05) is 14.1 Å². The first-order valence-electron chi connectivity index (χ1n) is 9.36. The summed E-state index contributed by atoms with van der Waals surface area (Å²) in [5.74, 6) is -0.476. The minimum Gasteiger partial charge on any atom is -0.269 e. The Morgan fingerprint density at radius 1 is 0.710 bits per heavy atom. The first-order valence-corrected chi connectivity index (χ1v) is 12.2. The van der Waals surface area contributed by atoms with E-state index in [4.69, 9.17) is 0 Å². The van der Waals surface area contributed by atoms with E-state index in [-0.39, 0.29) is 21.2 Å². The summed E-state index contributed by atoms with van der Waals surface area (Å²) in [5, 5.41) is 0. The van der Waals surface area contributed by atoms with Gasteiger partial charge in [0.15, 0.2) is 0 Å². The average Bonchev–Trinajstić information content (AvgIpc) is 2.73. The van der Waals surface area contributed by atoms with Crippen LogP contribution in [0.25, 0.3) is 0 Å². The number of halogens is 1. The van der Waals surface area contributed by atoms with Gasteiger partial charge in [-0.3, -0.25) is 8.61 Å². The second-order valence-corrected chi connectivity index (χ2v) is 11.0. The molecule has 0 aliphatic rings. The highest BCUT2D eigenvalue weighted by molar-refractivity contribution is 7.93. The molecule has 0 bridgehead atoms. The van der Waals surface area contributed by atoms with E-state index in [1.807, 2.05) is 0 Å². The normalized spacial score (nSPS) is 11.9. The summed E-state index contributed by atoms with van der Waals surface area (Å²) in [6, 6.07) is 16.0. The van der Waals surface area contributed by atoms with E-state index in [9.17, 15) is 21.2 Å². The number of benzene rings is 3. The fourth-order valence-corrected chi connectivity index (χ4v) is 5.95. The maximum Gasteiger partial charge on any atom is 0.264 e. The van der Waals surface area contributed by atoms with E-state index in [1.54, 1.807) is 38.1 Å². The van der Waals surface area contributed by atoms with Gasteiger partial charge in [0.2, 0.25) is 0 Å². The van der Waals surface area contributed by atoms with Crippen molar-refractivity contribution in [3.05, 3.63) is 83.7 Å². The van der Waals surface area contributed by atoms with E-state index in [0.717, 1.165) is 8.61 Å². The first-order chi connectivity index (χ1) is 14.5. The van der Waals surface area contributed by atoms with Crippen LogP contribution in [0.15, 0.2) is 76.5 Å². The molecule has 3 rings (SSSR count). The van der Waals surface area contributed by atoms with Gasteiger partial charge in [0.05, 0.1) is 21.2 Å². The standard InChI is InChI=1S/C22H23FN2O4S2/c1-16-14-17(2)22(31(28,29)24(3)19-12-10-18(23)11-13-19)15-21(16)25(4)30(26,27)20-8-6-5-7-9-20/h5-15H,1-4H3. The van der Waals surface area contributed by atoms with Crippen LogP contribution < -0.4 is 8.61 Å². The van der Waals surface area contributed by atoms with Gasteiger partial charge in [0.25, 0.3) is 20.0 Å². The summed E-state index contributed by atoms with van der Waals surface area (Å²) in [6.07, 6.45) is 0. The number of sulfonamides is 2. The molecule has 0 aliphatic heterocycles. The van der Waals surface area contributed by atoms with Crippen molar-refractivity contribution >= 4 is 31.4 Å². The lowest BCUT2D eigenvalue weighted by Crippen LogP contribution is -2.29. The molecule has 0 saturated carbocycles. The Labute approximate surface area is 182 Å². The Balaban J connectivity index is 2.10. The predicted octanol–water partition coefficient (Wildman–Crippen LogP) is 4.09. The van der Waals surface area contributed by atoms with E-state index in [0.29, 0.717) is 11.1 Å². The molecule has 0 radical (unpaired) electrons. The molecule has 6 nitrogen and oxygen atoms in total. The molecule has 0 amide bonds. The van der Waals surface area contributed by atoms with Crippen LogP contribution in [-0.2, 0) is 20.0 Å². The quantitative estimate of drug-likeness (QED) is 0.553. The van der Waals surface area contributed by atoms with Gasteiger partial charge in [-0.2, -0.15) is 0 Å². The maximum absolute atomic E-state index is 13.3. The lowest BCUT2D eigenvalue weighted by atomic mass is 10.1. The molecule has 31 heavy (non-hydrogen) atoms. The van der Waals surface area contributed by atoms with Gasteiger partial charge in [-0.15, -0.1) is 0 Å². The van der Waals surface area contributed by atoms with Crippen molar-refractivity contribution in [1.82, 2.24) is 0 Å².